The van der Waals surface area contributed by atoms with Crippen molar-refractivity contribution >= 4 is 50.6 Å². The number of amides is 1. The lowest BCUT2D eigenvalue weighted by Crippen LogP contribution is -2.21. The topological polar surface area (TPSA) is 64.6 Å². The van der Waals surface area contributed by atoms with Crippen LogP contribution in [0.25, 0.3) is 10.1 Å². The number of aryl methyl sites for hydroxylation is 1. The number of halogens is 2. The first-order chi connectivity index (χ1) is 12.9. The van der Waals surface area contributed by atoms with Crippen LogP contribution in [0.3, 0.4) is 0 Å². The zero-order valence-electron chi connectivity index (χ0n) is 14.5. The van der Waals surface area contributed by atoms with Gasteiger partial charge in [0.1, 0.15) is 16.4 Å². The van der Waals surface area contributed by atoms with Crippen LogP contribution in [0, 0.1) is 12.7 Å². The van der Waals surface area contributed by atoms with Crippen LogP contribution in [0.15, 0.2) is 36.4 Å². The highest BCUT2D eigenvalue weighted by Gasteiger charge is 2.20. The van der Waals surface area contributed by atoms with Gasteiger partial charge in [-0.1, -0.05) is 17.7 Å². The van der Waals surface area contributed by atoms with E-state index >= 15 is 0 Å². The number of carbonyl (C=O) groups excluding carboxylic acids is 2. The molecule has 0 aliphatic carbocycles. The third-order valence-corrected chi connectivity index (χ3v) is 5.33. The molecular weight excluding hydrogens is 393 g/mol. The molecule has 3 aromatic rings. The summed E-state index contributed by atoms with van der Waals surface area (Å²) < 4.78 is 24.8. The van der Waals surface area contributed by atoms with Crippen molar-refractivity contribution < 1.29 is 23.5 Å². The zero-order chi connectivity index (χ0) is 19.6. The molecule has 2 aromatic carbocycles. The molecule has 1 heterocycles. The molecule has 0 aliphatic rings. The van der Waals surface area contributed by atoms with Gasteiger partial charge in [0.2, 0.25) is 0 Å². The number of carbonyl (C=O) groups is 2. The fourth-order valence-corrected chi connectivity index (χ4v) is 3.90. The van der Waals surface area contributed by atoms with Crippen molar-refractivity contribution in [2.45, 2.75) is 6.92 Å². The van der Waals surface area contributed by atoms with E-state index in [1.807, 2.05) is 0 Å². The quantitative estimate of drug-likeness (QED) is 0.616. The molecule has 0 atom stereocenters. The highest BCUT2D eigenvalue weighted by atomic mass is 35.5. The van der Waals surface area contributed by atoms with Gasteiger partial charge < -0.3 is 14.8 Å². The summed E-state index contributed by atoms with van der Waals surface area (Å²) in [6, 6.07) is 9.40. The van der Waals surface area contributed by atoms with Crippen LogP contribution in [0.2, 0.25) is 5.02 Å². The number of methoxy groups -OCH3 is 1. The summed E-state index contributed by atoms with van der Waals surface area (Å²) >= 11 is 7.04. The molecule has 8 heteroatoms. The number of nitrogens with one attached hydrogen (secondary N) is 1. The highest BCUT2D eigenvalue weighted by Crippen LogP contribution is 2.33. The van der Waals surface area contributed by atoms with Gasteiger partial charge in [0.25, 0.3) is 5.91 Å². The minimum atomic E-state index is -0.679. The Morgan fingerprint density at radius 1 is 1.26 bits per heavy atom. The largest absolute Gasteiger partial charge is 0.495 e. The fourth-order valence-electron chi connectivity index (χ4n) is 2.61. The second-order valence-electron chi connectivity index (χ2n) is 5.64. The summed E-state index contributed by atoms with van der Waals surface area (Å²) in [5.41, 5.74) is 0.862. The Morgan fingerprint density at radius 2 is 2.04 bits per heavy atom. The molecule has 5 nitrogen and oxygen atoms in total. The molecule has 0 bridgehead atoms. The summed E-state index contributed by atoms with van der Waals surface area (Å²) in [5.74, 6) is -1.20. The smallest absolute Gasteiger partial charge is 0.349 e. The number of ether oxygens (including phenoxy) is 2. The number of fused-ring (bicyclic) bond motifs is 1. The lowest BCUT2D eigenvalue weighted by molar-refractivity contribution is -0.119. The summed E-state index contributed by atoms with van der Waals surface area (Å²) in [4.78, 5) is 24.7. The van der Waals surface area contributed by atoms with E-state index in [9.17, 15) is 14.0 Å². The third kappa shape index (κ3) is 4.04. The van der Waals surface area contributed by atoms with Crippen LogP contribution < -0.4 is 10.1 Å². The molecule has 1 N–H and O–H groups in total. The number of anilines is 1. The van der Waals surface area contributed by atoms with Crippen molar-refractivity contribution in [2.75, 3.05) is 19.0 Å². The number of esters is 1. The van der Waals surface area contributed by atoms with E-state index in [2.05, 4.69) is 5.32 Å². The molecule has 27 heavy (non-hydrogen) atoms. The van der Waals surface area contributed by atoms with E-state index in [4.69, 9.17) is 21.1 Å². The summed E-state index contributed by atoms with van der Waals surface area (Å²) in [7, 11) is 1.46. The summed E-state index contributed by atoms with van der Waals surface area (Å²) in [5, 5.41) is 3.39. The first-order valence-corrected chi connectivity index (χ1v) is 9.08. The molecule has 0 aliphatic heterocycles. The minimum Gasteiger partial charge on any atom is -0.495 e. The standard InChI is InChI=1S/C19H15ClFNO4S/c1-10-17-12(21)4-3-5-15(17)27-18(10)19(24)26-9-16(23)22-13-8-11(20)6-7-14(13)25-2/h3-8H,9H2,1-2H3,(H,22,23). The van der Waals surface area contributed by atoms with Crippen molar-refractivity contribution in [3.8, 4) is 5.75 Å². The minimum absolute atomic E-state index is 0.267. The second-order valence-corrected chi connectivity index (χ2v) is 7.13. The van der Waals surface area contributed by atoms with Crippen molar-refractivity contribution in [1.29, 1.82) is 0 Å². The van der Waals surface area contributed by atoms with Crippen molar-refractivity contribution in [2.24, 2.45) is 0 Å². The van der Waals surface area contributed by atoms with Gasteiger partial charge in [-0.25, -0.2) is 9.18 Å². The Bertz CT molecular complexity index is 1030. The van der Waals surface area contributed by atoms with Gasteiger partial charge in [0, 0.05) is 15.1 Å². The van der Waals surface area contributed by atoms with Gasteiger partial charge in [0.05, 0.1) is 12.8 Å². The molecule has 0 fully saturated rings. The molecule has 0 radical (unpaired) electrons. The number of rotatable bonds is 5. The zero-order valence-corrected chi connectivity index (χ0v) is 16.0. The Hall–Kier alpha value is -2.64. The molecule has 1 aromatic heterocycles. The van der Waals surface area contributed by atoms with E-state index in [-0.39, 0.29) is 4.88 Å². The first kappa shape index (κ1) is 19.1. The van der Waals surface area contributed by atoms with E-state index in [1.54, 1.807) is 31.2 Å². The molecule has 140 valence electrons. The molecule has 1 amide bonds. The van der Waals surface area contributed by atoms with E-state index in [0.29, 0.717) is 32.1 Å². The van der Waals surface area contributed by atoms with Gasteiger partial charge in [-0.3, -0.25) is 4.79 Å². The Kier molecular flexibility index (Phi) is 5.62. The van der Waals surface area contributed by atoms with E-state index in [1.165, 1.54) is 19.2 Å². The lowest BCUT2D eigenvalue weighted by Gasteiger charge is -2.10. The maximum atomic E-state index is 14.0. The van der Waals surface area contributed by atoms with Crippen LogP contribution in [-0.2, 0) is 9.53 Å². The predicted octanol–water partition coefficient (Wildman–Crippen LogP) is 4.81. The number of hydrogen-bond donors (Lipinski definition) is 1. The normalized spacial score (nSPS) is 10.7. The molecule has 3 rings (SSSR count). The van der Waals surface area contributed by atoms with E-state index < -0.39 is 24.3 Å². The van der Waals surface area contributed by atoms with Crippen LogP contribution in [0.1, 0.15) is 15.2 Å². The van der Waals surface area contributed by atoms with Gasteiger partial charge >= 0.3 is 5.97 Å². The Labute approximate surface area is 163 Å². The SMILES string of the molecule is COc1ccc(Cl)cc1NC(=O)COC(=O)c1sc2cccc(F)c2c1C. The van der Waals surface area contributed by atoms with Crippen LogP contribution in [0.4, 0.5) is 10.1 Å². The second kappa shape index (κ2) is 7.94. The van der Waals surface area contributed by atoms with E-state index in [0.717, 1.165) is 11.3 Å². The number of hydrogen-bond acceptors (Lipinski definition) is 5. The molecule has 0 unspecified atom stereocenters. The van der Waals surface area contributed by atoms with Gasteiger partial charge in [-0.15, -0.1) is 11.3 Å². The fraction of sp³-hybridized carbons (Fsp3) is 0.158. The predicted molar refractivity (Wildman–Crippen MR) is 103 cm³/mol. The molecule has 0 saturated heterocycles. The third-order valence-electron chi connectivity index (χ3n) is 3.86. The van der Waals surface area contributed by atoms with Crippen molar-refractivity contribution in [3.05, 3.63) is 57.7 Å². The number of thiophene rings is 1. The lowest BCUT2D eigenvalue weighted by atomic mass is 10.1. The Morgan fingerprint density at radius 3 is 2.74 bits per heavy atom. The van der Waals surface area contributed by atoms with Crippen molar-refractivity contribution in [1.82, 2.24) is 0 Å². The molecule has 0 saturated carbocycles. The summed E-state index contributed by atoms with van der Waals surface area (Å²) in [6.45, 7) is 1.15. The van der Waals surface area contributed by atoms with Crippen molar-refractivity contribution in [3.63, 3.8) is 0 Å². The van der Waals surface area contributed by atoms with Gasteiger partial charge in [-0.05, 0) is 42.8 Å². The average Bonchev–Trinajstić information content (AvgIpc) is 2.98. The Balaban J connectivity index is 1.69. The first-order valence-electron chi connectivity index (χ1n) is 7.89. The summed E-state index contributed by atoms with van der Waals surface area (Å²) in [6.07, 6.45) is 0. The van der Waals surface area contributed by atoms with Crippen LogP contribution >= 0.6 is 22.9 Å². The monoisotopic (exact) mass is 407 g/mol. The molecule has 0 spiro atoms. The van der Waals surface area contributed by atoms with Crippen LogP contribution in [0.5, 0.6) is 5.75 Å². The van der Waals surface area contributed by atoms with Crippen LogP contribution in [-0.4, -0.2) is 25.6 Å². The van der Waals surface area contributed by atoms with Gasteiger partial charge in [-0.2, -0.15) is 0 Å². The molecular formula is C19H15ClFNO4S. The van der Waals surface area contributed by atoms with Gasteiger partial charge in [0.15, 0.2) is 6.61 Å². The maximum absolute atomic E-state index is 14.0. The highest BCUT2D eigenvalue weighted by molar-refractivity contribution is 7.21. The average molecular weight is 408 g/mol. The maximum Gasteiger partial charge on any atom is 0.349 e. The number of benzene rings is 2.